The summed E-state index contributed by atoms with van der Waals surface area (Å²) in [4.78, 5) is 29.1. The third kappa shape index (κ3) is 8.46. The van der Waals surface area contributed by atoms with Crippen LogP contribution in [0, 0.1) is 13.8 Å². The Kier molecular flexibility index (Phi) is 11.0. The first-order chi connectivity index (χ1) is 18.9. The van der Waals surface area contributed by atoms with Crippen molar-refractivity contribution in [3.63, 3.8) is 0 Å². The number of aryl methyl sites for hydroxylation is 2. The van der Waals surface area contributed by atoms with Gasteiger partial charge in [-0.3, -0.25) is 13.9 Å². The number of carbonyl (C=O) groups excluding carboxylic acids is 2. The number of nitrogens with one attached hydrogen (secondary N) is 1. The molecule has 2 amide bonds. The van der Waals surface area contributed by atoms with E-state index in [2.05, 4.69) is 5.32 Å². The standard InChI is InChI=1S/C30H35Cl2N3O4S/c1-5-14-33-30(37)28(18-23-10-7-6-8-11-23)34(19-25-26(31)12-9-13-27(25)32)29(36)20-35(40(4,38)39)24-16-21(2)15-22(3)17-24/h6-13,15-17,28H,5,14,18-20H2,1-4H3,(H,33,37). The van der Waals surface area contributed by atoms with E-state index < -0.39 is 28.5 Å². The highest BCUT2D eigenvalue weighted by atomic mass is 35.5. The van der Waals surface area contributed by atoms with Crippen LogP contribution in [0.4, 0.5) is 5.69 Å². The minimum Gasteiger partial charge on any atom is -0.354 e. The third-order valence-electron chi connectivity index (χ3n) is 6.38. The zero-order chi connectivity index (χ0) is 29.4. The molecule has 214 valence electrons. The molecule has 3 rings (SSSR count). The predicted octanol–water partition coefficient (Wildman–Crippen LogP) is 5.54. The molecular weight excluding hydrogens is 569 g/mol. The molecule has 1 N–H and O–H groups in total. The first kappa shape index (κ1) is 31.5. The second kappa shape index (κ2) is 14.0. The lowest BCUT2D eigenvalue weighted by Crippen LogP contribution is -2.53. The average molecular weight is 605 g/mol. The van der Waals surface area contributed by atoms with Gasteiger partial charge in [-0.05, 0) is 61.2 Å². The van der Waals surface area contributed by atoms with Crippen LogP contribution >= 0.6 is 23.2 Å². The highest BCUT2D eigenvalue weighted by molar-refractivity contribution is 7.92. The number of sulfonamides is 1. The summed E-state index contributed by atoms with van der Waals surface area (Å²) in [7, 11) is -3.86. The first-order valence-corrected chi connectivity index (χ1v) is 15.6. The number of hydrogen-bond acceptors (Lipinski definition) is 4. The number of nitrogens with zero attached hydrogens (tertiary/aromatic N) is 2. The minimum absolute atomic E-state index is 0.0845. The van der Waals surface area contributed by atoms with E-state index >= 15 is 0 Å². The van der Waals surface area contributed by atoms with Crippen LogP contribution in [0.1, 0.15) is 35.6 Å². The lowest BCUT2D eigenvalue weighted by molar-refractivity contribution is -0.140. The van der Waals surface area contributed by atoms with Crippen LogP contribution in [-0.2, 0) is 32.6 Å². The molecular formula is C30H35Cl2N3O4S. The number of hydrogen-bond donors (Lipinski definition) is 1. The molecule has 0 aliphatic carbocycles. The van der Waals surface area contributed by atoms with Crippen molar-refractivity contribution in [3.05, 3.63) is 99.0 Å². The molecule has 0 fully saturated rings. The van der Waals surface area contributed by atoms with Crippen LogP contribution in [0.2, 0.25) is 10.0 Å². The van der Waals surface area contributed by atoms with Gasteiger partial charge in [0.2, 0.25) is 21.8 Å². The van der Waals surface area contributed by atoms with Gasteiger partial charge in [-0.25, -0.2) is 8.42 Å². The fourth-order valence-electron chi connectivity index (χ4n) is 4.48. The summed E-state index contributed by atoms with van der Waals surface area (Å²) in [5, 5.41) is 3.58. The zero-order valence-corrected chi connectivity index (χ0v) is 25.5. The maximum absolute atomic E-state index is 14.1. The van der Waals surface area contributed by atoms with Crippen LogP contribution in [0.3, 0.4) is 0 Å². The number of rotatable bonds is 12. The van der Waals surface area contributed by atoms with E-state index in [1.807, 2.05) is 57.2 Å². The summed E-state index contributed by atoms with van der Waals surface area (Å²) in [6, 6.07) is 18.8. The molecule has 0 aromatic heterocycles. The maximum atomic E-state index is 14.1. The van der Waals surface area contributed by atoms with E-state index in [4.69, 9.17) is 23.2 Å². The Morgan fingerprint density at radius 2 is 1.52 bits per heavy atom. The van der Waals surface area contributed by atoms with E-state index in [1.54, 1.807) is 30.3 Å². The monoisotopic (exact) mass is 603 g/mol. The molecule has 0 aliphatic heterocycles. The van der Waals surface area contributed by atoms with E-state index in [0.29, 0.717) is 34.3 Å². The molecule has 0 heterocycles. The van der Waals surface area contributed by atoms with Gasteiger partial charge in [-0.2, -0.15) is 0 Å². The van der Waals surface area contributed by atoms with Crippen molar-refractivity contribution < 1.29 is 18.0 Å². The molecule has 3 aromatic carbocycles. The summed E-state index contributed by atoms with van der Waals surface area (Å²) >= 11 is 13.0. The van der Waals surface area contributed by atoms with Crippen molar-refractivity contribution >= 4 is 50.7 Å². The van der Waals surface area contributed by atoms with E-state index in [9.17, 15) is 18.0 Å². The van der Waals surface area contributed by atoms with Crippen molar-refractivity contribution in [2.45, 2.75) is 46.2 Å². The number of benzene rings is 3. The molecule has 3 aromatic rings. The topological polar surface area (TPSA) is 86.8 Å². The highest BCUT2D eigenvalue weighted by Crippen LogP contribution is 2.28. The molecule has 0 bridgehead atoms. The van der Waals surface area contributed by atoms with Crippen LogP contribution < -0.4 is 9.62 Å². The average Bonchev–Trinajstić information content (AvgIpc) is 2.88. The molecule has 7 nitrogen and oxygen atoms in total. The van der Waals surface area contributed by atoms with Crippen molar-refractivity contribution in [1.29, 1.82) is 0 Å². The highest BCUT2D eigenvalue weighted by Gasteiger charge is 2.33. The second-order valence-corrected chi connectivity index (χ2v) is 12.6. The van der Waals surface area contributed by atoms with Crippen molar-refractivity contribution in [3.8, 4) is 0 Å². The number of carbonyl (C=O) groups is 2. The van der Waals surface area contributed by atoms with Crippen LogP contribution in [-0.4, -0.2) is 50.5 Å². The van der Waals surface area contributed by atoms with Gasteiger partial charge in [0.05, 0.1) is 11.9 Å². The molecule has 10 heteroatoms. The Morgan fingerprint density at radius 1 is 0.925 bits per heavy atom. The van der Waals surface area contributed by atoms with Gasteiger partial charge in [0, 0.05) is 35.1 Å². The zero-order valence-electron chi connectivity index (χ0n) is 23.2. The van der Waals surface area contributed by atoms with Crippen molar-refractivity contribution in [1.82, 2.24) is 10.2 Å². The Bertz CT molecular complexity index is 1410. The molecule has 40 heavy (non-hydrogen) atoms. The van der Waals surface area contributed by atoms with E-state index in [1.165, 1.54) is 4.90 Å². The van der Waals surface area contributed by atoms with Gasteiger partial charge in [-0.1, -0.05) is 72.6 Å². The second-order valence-electron chi connectivity index (χ2n) is 9.83. The van der Waals surface area contributed by atoms with Gasteiger partial charge >= 0.3 is 0 Å². The Balaban J connectivity index is 2.11. The predicted molar refractivity (Wildman–Crippen MR) is 162 cm³/mol. The molecule has 0 aliphatic rings. The van der Waals surface area contributed by atoms with Crippen LogP contribution in [0.5, 0.6) is 0 Å². The molecule has 1 atom stereocenters. The van der Waals surface area contributed by atoms with Gasteiger partial charge in [-0.15, -0.1) is 0 Å². The Hall–Kier alpha value is -3.07. The van der Waals surface area contributed by atoms with E-state index in [0.717, 1.165) is 27.3 Å². The third-order valence-corrected chi connectivity index (χ3v) is 8.23. The lowest BCUT2D eigenvalue weighted by atomic mass is 10.0. The van der Waals surface area contributed by atoms with Crippen molar-refractivity contribution in [2.75, 3.05) is 23.7 Å². The molecule has 0 saturated heterocycles. The number of halogens is 2. The lowest BCUT2D eigenvalue weighted by Gasteiger charge is -2.34. The normalized spacial score (nSPS) is 12.1. The summed E-state index contributed by atoms with van der Waals surface area (Å²) < 4.78 is 27.0. The first-order valence-electron chi connectivity index (χ1n) is 13.0. The molecule has 0 saturated carbocycles. The van der Waals surface area contributed by atoms with Crippen molar-refractivity contribution in [2.24, 2.45) is 0 Å². The summed E-state index contributed by atoms with van der Waals surface area (Å²) in [6.45, 7) is 5.50. The smallest absolute Gasteiger partial charge is 0.244 e. The fraction of sp³-hybridized carbons (Fsp3) is 0.333. The molecule has 0 spiro atoms. The summed E-state index contributed by atoms with van der Waals surface area (Å²) in [5.41, 5.74) is 3.40. The summed E-state index contributed by atoms with van der Waals surface area (Å²) in [5.74, 6) is -0.910. The Labute approximate surface area is 247 Å². The van der Waals surface area contributed by atoms with Gasteiger partial charge < -0.3 is 10.2 Å². The largest absolute Gasteiger partial charge is 0.354 e. The molecule has 0 radical (unpaired) electrons. The summed E-state index contributed by atoms with van der Waals surface area (Å²) in [6.07, 6.45) is 1.98. The van der Waals surface area contributed by atoms with Gasteiger partial charge in [0.1, 0.15) is 12.6 Å². The number of amides is 2. The van der Waals surface area contributed by atoms with E-state index in [-0.39, 0.29) is 18.9 Å². The SMILES string of the molecule is CCCNC(=O)C(Cc1ccccc1)N(Cc1c(Cl)cccc1Cl)C(=O)CN(c1cc(C)cc(C)c1)S(C)(=O)=O. The minimum atomic E-state index is -3.86. The quantitative estimate of drug-likeness (QED) is 0.294. The van der Waals surface area contributed by atoms with Crippen LogP contribution in [0.25, 0.3) is 0 Å². The number of anilines is 1. The Morgan fingerprint density at radius 3 is 2.08 bits per heavy atom. The van der Waals surface area contributed by atoms with Gasteiger partial charge in [0.25, 0.3) is 0 Å². The maximum Gasteiger partial charge on any atom is 0.244 e. The van der Waals surface area contributed by atoms with Crippen LogP contribution in [0.15, 0.2) is 66.7 Å². The fourth-order valence-corrected chi connectivity index (χ4v) is 5.83. The van der Waals surface area contributed by atoms with Gasteiger partial charge in [0.15, 0.2) is 0 Å². The molecule has 1 unspecified atom stereocenters.